The van der Waals surface area contributed by atoms with Crippen molar-refractivity contribution in [3.8, 4) is 0 Å². The number of nitrogens with zero attached hydrogens (tertiary/aromatic N) is 1. The average molecular weight is 148 g/mol. The first kappa shape index (κ1) is 6.34. The summed E-state index contributed by atoms with van der Waals surface area (Å²) in [6, 6.07) is 1.83. The molecule has 0 spiro atoms. The number of aromatic nitrogens is 1. The summed E-state index contributed by atoms with van der Waals surface area (Å²) < 4.78 is 0. The molecule has 1 aliphatic heterocycles. The Hall–Kier alpha value is -1.38. The fraction of sp³-hybridized carbons (Fsp3) is 0.250. The molecule has 0 unspecified atom stereocenters. The van der Waals surface area contributed by atoms with E-state index in [1.807, 2.05) is 12.1 Å². The molecule has 0 aromatic carbocycles. The van der Waals surface area contributed by atoms with Gasteiger partial charge in [-0.3, -0.25) is 9.79 Å². The maximum Gasteiger partial charge on any atom is 0.257 e. The third-order valence-corrected chi connectivity index (χ3v) is 1.74. The lowest BCUT2D eigenvalue weighted by Gasteiger charge is -1.96. The van der Waals surface area contributed by atoms with Crippen LogP contribution in [0.3, 0.4) is 0 Å². The SMILES string of the molecule is O=c1[nH]ccc2c1=CCCN=2. The Morgan fingerprint density at radius 3 is 3.27 bits per heavy atom. The van der Waals surface area contributed by atoms with Gasteiger partial charge in [-0.15, -0.1) is 0 Å². The van der Waals surface area contributed by atoms with Crippen molar-refractivity contribution in [1.29, 1.82) is 0 Å². The second kappa shape index (κ2) is 2.34. The highest BCUT2D eigenvalue weighted by Gasteiger charge is 1.95. The first-order valence-electron chi connectivity index (χ1n) is 3.60. The molecule has 0 radical (unpaired) electrons. The molecule has 0 saturated heterocycles. The summed E-state index contributed by atoms with van der Waals surface area (Å²) >= 11 is 0. The molecule has 1 N–H and O–H groups in total. The fourth-order valence-electron chi connectivity index (χ4n) is 1.21. The van der Waals surface area contributed by atoms with E-state index in [-0.39, 0.29) is 5.56 Å². The fourth-order valence-corrected chi connectivity index (χ4v) is 1.21. The van der Waals surface area contributed by atoms with Crippen molar-refractivity contribution >= 4 is 6.08 Å². The Balaban J connectivity index is 3.00. The molecule has 2 rings (SSSR count). The number of H-pyrrole nitrogens is 1. The number of hydrogen-bond acceptors (Lipinski definition) is 2. The van der Waals surface area contributed by atoms with Crippen molar-refractivity contribution < 1.29 is 0 Å². The molecule has 0 fully saturated rings. The number of nitrogens with one attached hydrogen (secondary N) is 1. The van der Waals surface area contributed by atoms with Crippen LogP contribution in [0.4, 0.5) is 0 Å². The highest BCUT2D eigenvalue weighted by atomic mass is 16.1. The molecule has 1 aliphatic rings. The molecule has 1 aromatic heterocycles. The summed E-state index contributed by atoms with van der Waals surface area (Å²) in [4.78, 5) is 17.9. The molecule has 0 aliphatic carbocycles. The monoisotopic (exact) mass is 148 g/mol. The highest BCUT2D eigenvalue weighted by molar-refractivity contribution is 5.23. The van der Waals surface area contributed by atoms with Gasteiger partial charge in [-0.25, -0.2) is 0 Å². The van der Waals surface area contributed by atoms with Gasteiger partial charge in [-0.2, -0.15) is 0 Å². The van der Waals surface area contributed by atoms with Gasteiger partial charge in [0.1, 0.15) is 0 Å². The van der Waals surface area contributed by atoms with Crippen molar-refractivity contribution in [3.05, 3.63) is 33.2 Å². The summed E-state index contributed by atoms with van der Waals surface area (Å²) in [6.07, 6.45) is 4.44. The van der Waals surface area contributed by atoms with Gasteiger partial charge in [-0.1, -0.05) is 6.08 Å². The van der Waals surface area contributed by atoms with Crippen LogP contribution < -0.4 is 16.1 Å². The Labute approximate surface area is 63.1 Å². The smallest absolute Gasteiger partial charge is 0.257 e. The van der Waals surface area contributed by atoms with Gasteiger partial charge >= 0.3 is 0 Å². The van der Waals surface area contributed by atoms with Gasteiger partial charge in [0.05, 0.1) is 10.6 Å². The second-order valence-electron chi connectivity index (χ2n) is 2.48. The standard InChI is InChI=1S/C8H8N2O/c11-8-6-2-1-4-9-7(6)3-5-10-8/h2-3,5H,1,4H2,(H,10,11). The summed E-state index contributed by atoms with van der Waals surface area (Å²) in [7, 11) is 0. The Bertz CT molecular complexity index is 430. The van der Waals surface area contributed by atoms with E-state index < -0.39 is 0 Å². The molecular weight excluding hydrogens is 140 g/mol. The molecule has 1 aromatic rings. The number of aromatic amines is 1. The van der Waals surface area contributed by atoms with Crippen LogP contribution in [0.5, 0.6) is 0 Å². The summed E-state index contributed by atoms with van der Waals surface area (Å²) in [6.45, 7) is 0.802. The topological polar surface area (TPSA) is 45.2 Å². The normalized spacial score (nSPS) is 14.5. The van der Waals surface area contributed by atoms with Crippen molar-refractivity contribution in [2.24, 2.45) is 4.99 Å². The number of hydrogen-bond donors (Lipinski definition) is 1. The minimum Gasteiger partial charge on any atom is -0.328 e. The lowest BCUT2D eigenvalue weighted by molar-refractivity contribution is 0.943. The maximum absolute atomic E-state index is 11.1. The first-order chi connectivity index (χ1) is 5.38. The van der Waals surface area contributed by atoms with Gasteiger partial charge in [-0.05, 0) is 12.5 Å². The van der Waals surface area contributed by atoms with E-state index in [2.05, 4.69) is 9.98 Å². The Morgan fingerprint density at radius 2 is 2.45 bits per heavy atom. The molecule has 2 heterocycles. The molecule has 3 nitrogen and oxygen atoms in total. The molecule has 3 heteroatoms. The first-order valence-corrected chi connectivity index (χ1v) is 3.60. The third-order valence-electron chi connectivity index (χ3n) is 1.74. The van der Waals surface area contributed by atoms with Gasteiger partial charge in [0.2, 0.25) is 0 Å². The third kappa shape index (κ3) is 0.981. The quantitative estimate of drug-likeness (QED) is 0.513. The maximum atomic E-state index is 11.1. The van der Waals surface area contributed by atoms with E-state index in [4.69, 9.17) is 0 Å². The predicted octanol–water partition coefficient (Wildman–Crippen LogP) is -0.821. The van der Waals surface area contributed by atoms with E-state index in [0.717, 1.165) is 23.5 Å². The van der Waals surface area contributed by atoms with Crippen molar-refractivity contribution in [3.63, 3.8) is 0 Å². The van der Waals surface area contributed by atoms with E-state index in [1.165, 1.54) is 0 Å². The van der Waals surface area contributed by atoms with Crippen LogP contribution in [0, 0.1) is 0 Å². The molecule has 56 valence electrons. The molecule has 0 saturated carbocycles. The molecule has 0 atom stereocenters. The van der Waals surface area contributed by atoms with E-state index in [0.29, 0.717) is 0 Å². The van der Waals surface area contributed by atoms with Gasteiger partial charge in [0.25, 0.3) is 5.56 Å². The van der Waals surface area contributed by atoms with Crippen LogP contribution in [-0.2, 0) is 0 Å². The Morgan fingerprint density at radius 1 is 1.55 bits per heavy atom. The summed E-state index contributed by atoms with van der Waals surface area (Å²) in [5, 5.41) is 1.54. The zero-order valence-corrected chi connectivity index (χ0v) is 6.00. The van der Waals surface area contributed by atoms with Crippen LogP contribution in [0.1, 0.15) is 6.42 Å². The highest BCUT2D eigenvalue weighted by Crippen LogP contribution is 1.82. The zero-order valence-electron chi connectivity index (χ0n) is 6.00. The van der Waals surface area contributed by atoms with E-state index in [9.17, 15) is 4.79 Å². The van der Waals surface area contributed by atoms with Crippen molar-refractivity contribution in [2.75, 3.05) is 6.54 Å². The zero-order chi connectivity index (χ0) is 7.68. The van der Waals surface area contributed by atoms with Crippen molar-refractivity contribution in [2.45, 2.75) is 6.42 Å². The van der Waals surface area contributed by atoms with E-state index in [1.54, 1.807) is 6.20 Å². The van der Waals surface area contributed by atoms with E-state index >= 15 is 0 Å². The lowest BCUT2D eigenvalue weighted by Crippen LogP contribution is -2.41. The molecule has 11 heavy (non-hydrogen) atoms. The molecular formula is C8H8N2O. The van der Waals surface area contributed by atoms with Gasteiger partial charge in [0, 0.05) is 12.7 Å². The number of rotatable bonds is 0. The summed E-state index contributed by atoms with van der Waals surface area (Å²) in [5.74, 6) is 0. The number of fused-ring (bicyclic) bond motifs is 1. The largest absolute Gasteiger partial charge is 0.328 e. The van der Waals surface area contributed by atoms with Crippen LogP contribution in [0.2, 0.25) is 0 Å². The van der Waals surface area contributed by atoms with Gasteiger partial charge < -0.3 is 4.98 Å². The van der Waals surface area contributed by atoms with Crippen LogP contribution in [0.25, 0.3) is 6.08 Å². The minimum atomic E-state index is -0.0362. The van der Waals surface area contributed by atoms with Gasteiger partial charge in [0.15, 0.2) is 0 Å². The predicted molar refractivity (Wildman–Crippen MR) is 41.8 cm³/mol. The average Bonchev–Trinajstić information content (AvgIpc) is 2.06. The second-order valence-corrected chi connectivity index (χ2v) is 2.48. The number of pyridine rings is 1. The van der Waals surface area contributed by atoms with Crippen LogP contribution in [-0.4, -0.2) is 11.5 Å². The van der Waals surface area contributed by atoms with Crippen molar-refractivity contribution in [1.82, 2.24) is 4.98 Å². The molecule has 0 amide bonds. The Kier molecular flexibility index (Phi) is 1.35. The summed E-state index contributed by atoms with van der Waals surface area (Å²) in [5.41, 5.74) is -0.0362. The molecule has 0 bridgehead atoms. The van der Waals surface area contributed by atoms with Crippen LogP contribution in [0.15, 0.2) is 22.1 Å². The minimum absolute atomic E-state index is 0.0362. The van der Waals surface area contributed by atoms with Crippen LogP contribution >= 0.6 is 0 Å². The lowest BCUT2D eigenvalue weighted by atomic mass is 10.2.